The summed E-state index contributed by atoms with van der Waals surface area (Å²) in [5.74, 6) is -0.0995. The van der Waals surface area contributed by atoms with Crippen molar-refractivity contribution in [2.45, 2.75) is 33.2 Å². The van der Waals surface area contributed by atoms with E-state index >= 15 is 0 Å². The maximum atomic E-state index is 12.5. The third-order valence-electron chi connectivity index (χ3n) is 3.35. The summed E-state index contributed by atoms with van der Waals surface area (Å²) in [6.45, 7) is 7.27. The van der Waals surface area contributed by atoms with Gasteiger partial charge in [0, 0.05) is 21.5 Å². The Hall–Kier alpha value is -0.570. The largest absolute Gasteiger partial charge is 0.325 e. The van der Waals surface area contributed by atoms with Gasteiger partial charge in [-0.25, -0.2) is 0 Å². The van der Waals surface area contributed by atoms with E-state index in [-0.39, 0.29) is 5.78 Å². The second-order valence-corrected chi connectivity index (χ2v) is 6.14. The van der Waals surface area contributed by atoms with Crippen molar-refractivity contribution >= 4 is 29.0 Å². The van der Waals surface area contributed by atoms with Crippen LogP contribution in [0, 0.1) is 5.41 Å². The zero-order valence-corrected chi connectivity index (χ0v) is 12.0. The smallest absolute Gasteiger partial charge is 0.171 e. The van der Waals surface area contributed by atoms with Gasteiger partial charge in [-0.3, -0.25) is 4.79 Å². The predicted octanol–water partition coefficient (Wildman–Crippen LogP) is 3.94. The standard InChI is InChI=1S/C13H17Cl2NO/c1-12(2,13(3,4)16)11(17)9-7-8(14)5-6-10(9)15/h5-7H,16H2,1-4H3. The maximum Gasteiger partial charge on any atom is 0.171 e. The van der Waals surface area contributed by atoms with Crippen LogP contribution in [0.15, 0.2) is 18.2 Å². The Bertz CT molecular complexity index is 447. The van der Waals surface area contributed by atoms with Gasteiger partial charge < -0.3 is 5.73 Å². The maximum absolute atomic E-state index is 12.5. The highest BCUT2D eigenvalue weighted by molar-refractivity contribution is 6.36. The molecule has 0 unspecified atom stereocenters. The quantitative estimate of drug-likeness (QED) is 0.848. The molecular weight excluding hydrogens is 257 g/mol. The van der Waals surface area contributed by atoms with E-state index in [1.165, 1.54) is 0 Å². The Kier molecular flexibility index (Phi) is 3.92. The van der Waals surface area contributed by atoms with Crippen molar-refractivity contribution in [3.63, 3.8) is 0 Å². The molecule has 2 N–H and O–H groups in total. The molecule has 0 aliphatic carbocycles. The highest BCUT2D eigenvalue weighted by Gasteiger charge is 2.41. The Balaban J connectivity index is 3.26. The third kappa shape index (κ3) is 2.82. The van der Waals surface area contributed by atoms with Crippen molar-refractivity contribution in [2.24, 2.45) is 11.1 Å². The molecule has 2 nitrogen and oxygen atoms in total. The lowest BCUT2D eigenvalue weighted by atomic mass is 9.70. The Labute approximate surface area is 112 Å². The molecule has 4 heteroatoms. The number of rotatable bonds is 3. The molecule has 0 heterocycles. The average Bonchev–Trinajstić information content (AvgIpc) is 2.19. The topological polar surface area (TPSA) is 43.1 Å². The van der Waals surface area contributed by atoms with Crippen LogP contribution in [-0.4, -0.2) is 11.3 Å². The van der Waals surface area contributed by atoms with E-state index in [0.29, 0.717) is 15.6 Å². The van der Waals surface area contributed by atoms with Crippen molar-refractivity contribution in [3.05, 3.63) is 33.8 Å². The fourth-order valence-electron chi connectivity index (χ4n) is 1.30. The minimum atomic E-state index is -0.721. The normalized spacial score (nSPS) is 12.6. The van der Waals surface area contributed by atoms with Crippen LogP contribution in [-0.2, 0) is 0 Å². The summed E-state index contributed by atoms with van der Waals surface area (Å²) in [4.78, 5) is 12.5. The van der Waals surface area contributed by atoms with Crippen molar-refractivity contribution in [3.8, 4) is 0 Å². The van der Waals surface area contributed by atoms with Crippen molar-refractivity contribution in [1.82, 2.24) is 0 Å². The zero-order chi connectivity index (χ0) is 13.4. The summed E-state index contributed by atoms with van der Waals surface area (Å²) in [6, 6.07) is 4.86. The van der Waals surface area contributed by atoms with Crippen molar-refractivity contribution < 1.29 is 4.79 Å². The van der Waals surface area contributed by atoms with Crippen LogP contribution >= 0.6 is 23.2 Å². The van der Waals surface area contributed by atoms with Crippen LogP contribution < -0.4 is 5.73 Å². The molecule has 0 radical (unpaired) electrons. The summed E-state index contributed by atoms with van der Waals surface area (Å²) in [5, 5.41) is 0.889. The number of carbonyl (C=O) groups excluding carboxylic acids is 1. The number of ketones is 1. The minimum absolute atomic E-state index is 0.0995. The highest BCUT2D eigenvalue weighted by Crippen LogP contribution is 2.35. The number of halogens is 2. The minimum Gasteiger partial charge on any atom is -0.325 e. The first kappa shape index (κ1) is 14.5. The van der Waals surface area contributed by atoms with E-state index < -0.39 is 11.0 Å². The van der Waals surface area contributed by atoms with E-state index in [4.69, 9.17) is 28.9 Å². The van der Waals surface area contributed by atoms with Gasteiger partial charge in [0.05, 0.1) is 5.02 Å². The van der Waals surface area contributed by atoms with Crippen LogP contribution in [0.1, 0.15) is 38.1 Å². The summed E-state index contributed by atoms with van der Waals surface area (Å²) in [6.07, 6.45) is 0. The van der Waals surface area contributed by atoms with Crippen LogP contribution in [0.4, 0.5) is 0 Å². The average molecular weight is 274 g/mol. The molecule has 0 aliphatic heterocycles. The molecule has 0 fully saturated rings. The first-order chi connectivity index (χ1) is 7.57. The molecule has 0 bridgehead atoms. The molecule has 1 aromatic carbocycles. The Morgan fingerprint density at radius 3 is 2.18 bits per heavy atom. The lowest BCUT2D eigenvalue weighted by Crippen LogP contribution is -2.51. The second-order valence-electron chi connectivity index (χ2n) is 5.30. The van der Waals surface area contributed by atoms with Crippen molar-refractivity contribution in [1.29, 1.82) is 0 Å². The van der Waals surface area contributed by atoms with E-state index in [1.807, 2.05) is 27.7 Å². The summed E-state index contributed by atoms with van der Waals surface area (Å²) in [5.41, 5.74) is 5.10. The molecule has 94 valence electrons. The van der Waals surface area contributed by atoms with E-state index in [9.17, 15) is 4.79 Å². The van der Waals surface area contributed by atoms with Crippen LogP contribution in [0.25, 0.3) is 0 Å². The predicted molar refractivity (Wildman–Crippen MR) is 72.8 cm³/mol. The van der Waals surface area contributed by atoms with Crippen LogP contribution in [0.3, 0.4) is 0 Å². The number of Topliss-reactive ketones (excluding diaryl/α,β-unsaturated/α-hetero) is 1. The fourth-order valence-corrected chi connectivity index (χ4v) is 1.68. The van der Waals surface area contributed by atoms with Gasteiger partial charge in [0.15, 0.2) is 5.78 Å². The molecule has 1 aromatic rings. The van der Waals surface area contributed by atoms with E-state index in [2.05, 4.69) is 0 Å². The van der Waals surface area contributed by atoms with Gasteiger partial charge in [-0.15, -0.1) is 0 Å². The molecule has 0 aliphatic rings. The molecule has 1 rings (SSSR count). The molecule has 0 amide bonds. The Morgan fingerprint density at radius 1 is 1.18 bits per heavy atom. The molecule has 0 saturated heterocycles. The zero-order valence-electron chi connectivity index (χ0n) is 10.5. The lowest BCUT2D eigenvalue weighted by Gasteiger charge is -2.37. The monoisotopic (exact) mass is 273 g/mol. The highest BCUT2D eigenvalue weighted by atomic mass is 35.5. The first-order valence-corrected chi connectivity index (χ1v) is 6.11. The molecule has 0 spiro atoms. The number of benzene rings is 1. The molecule has 17 heavy (non-hydrogen) atoms. The van der Waals surface area contributed by atoms with Gasteiger partial charge in [0.2, 0.25) is 0 Å². The van der Waals surface area contributed by atoms with Crippen LogP contribution in [0.5, 0.6) is 0 Å². The van der Waals surface area contributed by atoms with Crippen LogP contribution in [0.2, 0.25) is 10.0 Å². The number of carbonyl (C=O) groups is 1. The number of hydrogen-bond acceptors (Lipinski definition) is 2. The Morgan fingerprint density at radius 2 is 1.71 bits per heavy atom. The van der Waals surface area contributed by atoms with Gasteiger partial charge >= 0.3 is 0 Å². The summed E-state index contributed by atoms with van der Waals surface area (Å²) >= 11 is 11.9. The number of nitrogens with two attached hydrogens (primary N) is 1. The summed E-state index contributed by atoms with van der Waals surface area (Å²) < 4.78 is 0. The van der Waals surface area contributed by atoms with E-state index in [0.717, 1.165) is 0 Å². The third-order valence-corrected chi connectivity index (χ3v) is 3.92. The molecule has 0 saturated carbocycles. The second kappa shape index (κ2) is 4.60. The molecule has 0 aromatic heterocycles. The SMILES string of the molecule is CC(C)(N)C(C)(C)C(=O)c1cc(Cl)ccc1Cl. The number of hydrogen-bond donors (Lipinski definition) is 1. The molecular formula is C13H17Cl2NO. The van der Waals surface area contributed by atoms with Gasteiger partial charge in [-0.2, -0.15) is 0 Å². The van der Waals surface area contributed by atoms with E-state index in [1.54, 1.807) is 18.2 Å². The van der Waals surface area contributed by atoms with Gasteiger partial charge in [0.1, 0.15) is 0 Å². The van der Waals surface area contributed by atoms with Gasteiger partial charge in [-0.05, 0) is 32.0 Å². The molecule has 0 atom stereocenters. The summed E-state index contributed by atoms with van der Waals surface area (Å²) in [7, 11) is 0. The fraction of sp³-hybridized carbons (Fsp3) is 0.462. The van der Waals surface area contributed by atoms with Gasteiger partial charge in [0.25, 0.3) is 0 Å². The first-order valence-electron chi connectivity index (χ1n) is 5.36. The lowest BCUT2D eigenvalue weighted by molar-refractivity contribution is 0.0735. The van der Waals surface area contributed by atoms with Gasteiger partial charge in [-0.1, -0.05) is 37.0 Å². The van der Waals surface area contributed by atoms with Crippen molar-refractivity contribution in [2.75, 3.05) is 0 Å².